The number of nitrogens with two attached hydrogens (primary N) is 1. The van der Waals surface area contributed by atoms with E-state index in [2.05, 4.69) is 5.10 Å². The number of likely N-dealkylation sites (tertiary alicyclic amines) is 1. The lowest BCUT2D eigenvalue weighted by atomic mass is 10.1. The molecular formula is C15H18N4O. The normalized spacial score (nSPS) is 18.4. The number of amides is 1. The Morgan fingerprint density at radius 1 is 1.30 bits per heavy atom. The zero-order chi connectivity index (χ0) is 13.9. The largest absolute Gasteiger partial charge is 0.337 e. The van der Waals surface area contributed by atoms with Crippen LogP contribution in [0.5, 0.6) is 0 Å². The van der Waals surface area contributed by atoms with Crippen molar-refractivity contribution < 1.29 is 4.79 Å². The summed E-state index contributed by atoms with van der Waals surface area (Å²) in [6.07, 6.45) is 2.81. The summed E-state index contributed by atoms with van der Waals surface area (Å²) >= 11 is 0. The molecule has 1 aliphatic heterocycles. The van der Waals surface area contributed by atoms with Crippen molar-refractivity contribution in [1.82, 2.24) is 14.7 Å². The average molecular weight is 270 g/mol. The molecule has 2 aromatic rings. The fourth-order valence-electron chi connectivity index (χ4n) is 2.53. The molecule has 0 spiro atoms. The number of nitrogens with zero attached hydrogens (tertiary/aromatic N) is 3. The molecule has 5 heteroatoms. The molecule has 1 amide bonds. The zero-order valence-corrected chi connectivity index (χ0v) is 11.3. The minimum atomic E-state index is -0.00405. The minimum Gasteiger partial charge on any atom is -0.337 e. The van der Waals surface area contributed by atoms with E-state index in [9.17, 15) is 4.79 Å². The molecule has 2 heterocycles. The highest BCUT2D eigenvalue weighted by molar-refractivity contribution is 5.92. The Kier molecular flexibility index (Phi) is 3.52. The Morgan fingerprint density at radius 2 is 2.10 bits per heavy atom. The van der Waals surface area contributed by atoms with E-state index < -0.39 is 0 Å². The van der Waals surface area contributed by atoms with Gasteiger partial charge in [0.15, 0.2) is 5.69 Å². The van der Waals surface area contributed by atoms with Crippen LogP contribution in [0.2, 0.25) is 0 Å². The predicted octanol–water partition coefficient (Wildman–Crippen LogP) is 1.29. The summed E-state index contributed by atoms with van der Waals surface area (Å²) in [5, 5.41) is 4.37. The number of para-hydroxylation sites is 1. The molecule has 1 fully saturated rings. The highest BCUT2D eigenvalue weighted by Gasteiger charge is 2.27. The second kappa shape index (κ2) is 5.46. The van der Waals surface area contributed by atoms with Gasteiger partial charge in [-0.25, -0.2) is 4.68 Å². The third-order valence-corrected chi connectivity index (χ3v) is 3.74. The van der Waals surface area contributed by atoms with Crippen LogP contribution in [0.15, 0.2) is 42.6 Å². The van der Waals surface area contributed by atoms with E-state index in [1.54, 1.807) is 10.7 Å². The van der Waals surface area contributed by atoms with Gasteiger partial charge in [0, 0.05) is 19.3 Å². The van der Waals surface area contributed by atoms with Crippen molar-refractivity contribution in [2.24, 2.45) is 11.7 Å². The molecule has 20 heavy (non-hydrogen) atoms. The average Bonchev–Trinajstić information content (AvgIpc) is 3.17. The van der Waals surface area contributed by atoms with E-state index in [0.717, 1.165) is 25.2 Å². The van der Waals surface area contributed by atoms with Gasteiger partial charge in [0.2, 0.25) is 0 Å². The van der Waals surface area contributed by atoms with Gasteiger partial charge in [-0.05, 0) is 37.1 Å². The minimum absolute atomic E-state index is 0.00405. The molecule has 0 aliphatic carbocycles. The van der Waals surface area contributed by atoms with E-state index >= 15 is 0 Å². The van der Waals surface area contributed by atoms with Crippen LogP contribution in [0, 0.1) is 5.92 Å². The van der Waals surface area contributed by atoms with Crippen LogP contribution in [-0.2, 0) is 0 Å². The number of hydrogen-bond donors (Lipinski definition) is 1. The lowest BCUT2D eigenvalue weighted by molar-refractivity contribution is 0.0781. The Morgan fingerprint density at radius 3 is 2.80 bits per heavy atom. The second-order valence-corrected chi connectivity index (χ2v) is 5.12. The lowest BCUT2D eigenvalue weighted by Gasteiger charge is -2.14. The monoisotopic (exact) mass is 270 g/mol. The maximum Gasteiger partial charge on any atom is 0.274 e. The Labute approximate surface area is 118 Å². The topological polar surface area (TPSA) is 64.2 Å². The van der Waals surface area contributed by atoms with Crippen molar-refractivity contribution in [2.75, 3.05) is 19.6 Å². The van der Waals surface area contributed by atoms with Crippen LogP contribution in [0.1, 0.15) is 16.9 Å². The molecule has 1 aromatic carbocycles. The molecule has 1 aromatic heterocycles. The van der Waals surface area contributed by atoms with Crippen LogP contribution in [0.4, 0.5) is 0 Å². The zero-order valence-electron chi connectivity index (χ0n) is 11.3. The molecule has 104 valence electrons. The maximum absolute atomic E-state index is 12.4. The van der Waals surface area contributed by atoms with Gasteiger partial charge in [-0.3, -0.25) is 4.79 Å². The van der Waals surface area contributed by atoms with E-state index in [1.807, 2.05) is 41.4 Å². The van der Waals surface area contributed by atoms with E-state index in [-0.39, 0.29) is 5.91 Å². The highest BCUT2D eigenvalue weighted by atomic mass is 16.2. The van der Waals surface area contributed by atoms with Gasteiger partial charge >= 0.3 is 0 Å². The molecule has 1 atom stereocenters. The smallest absolute Gasteiger partial charge is 0.274 e. The van der Waals surface area contributed by atoms with Crippen LogP contribution in [0.3, 0.4) is 0 Å². The summed E-state index contributed by atoms with van der Waals surface area (Å²) in [6, 6.07) is 11.5. The number of benzene rings is 1. The van der Waals surface area contributed by atoms with Crippen molar-refractivity contribution in [2.45, 2.75) is 6.42 Å². The van der Waals surface area contributed by atoms with Gasteiger partial charge in [-0.2, -0.15) is 5.10 Å². The predicted molar refractivity (Wildman–Crippen MR) is 76.6 cm³/mol. The van der Waals surface area contributed by atoms with Crippen LogP contribution < -0.4 is 5.73 Å². The summed E-state index contributed by atoms with van der Waals surface area (Å²) in [4.78, 5) is 14.2. The summed E-state index contributed by atoms with van der Waals surface area (Å²) in [6.45, 7) is 2.16. The van der Waals surface area contributed by atoms with E-state index in [1.165, 1.54) is 0 Å². The van der Waals surface area contributed by atoms with Gasteiger partial charge in [-0.15, -0.1) is 0 Å². The maximum atomic E-state index is 12.4. The summed E-state index contributed by atoms with van der Waals surface area (Å²) in [5.41, 5.74) is 7.10. The number of hydrogen-bond acceptors (Lipinski definition) is 3. The first kappa shape index (κ1) is 12.9. The second-order valence-electron chi connectivity index (χ2n) is 5.12. The molecule has 3 rings (SSSR count). The fourth-order valence-corrected chi connectivity index (χ4v) is 2.53. The van der Waals surface area contributed by atoms with Crippen molar-refractivity contribution in [1.29, 1.82) is 0 Å². The van der Waals surface area contributed by atoms with Gasteiger partial charge in [0.05, 0.1) is 5.69 Å². The number of carbonyl (C=O) groups is 1. The highest BCUT2D eigenvalue weighted by Crippen LogP contribution is 2.17. The standard InChI is InChI=1S/C15H18N4O/c16-10-12-6-8-18(11-12)15(20)14-7-9-19(17-14)13-4-2-1-3-5-13/h1-5,7,9,12H,6,8,10-11,16H2. The molecular weight excluding hydrogens is 252 g/mol. The molecule has 1 saturated heterocycles. The fraction of sp³-hybridized carbons (Fsp3) is 0.333. The van der Waals surface area contributed by atoms with Crippen molar-refractivity contribution >= 4 is 5.91 Å². The summed E-state index contributed by atoms with van der Waals surface area (Å²) in [7, 11) is 0. The van der Waals surface area contributed by atoms with Gasteiger partial charge in [0.1, 0.15) is 0 Å². The summed E-state index contributed by atoms with van der Waals surface area (Å²) < 4.78 is 1.73. The molecule has 0 bridgehead atoms. The van der Waals surface area contributed by atoms with Crippen LogP contribution in [0.25, 0.3) is 5.69 Å². The van der Waals surface area contributed by atoms with Crippen LogP contribution in [-0.4, -0.2) is 40.2 Å². The van der Waals surface area contributed by atoms with Crippen LogP contribution >= 0.6 is 0 Å². The van der Waals surface area contributed by atoms with E-state index in [0.29, 0.717) is 18.2 Å². The number of rotatable bonds is 3. The third kappa shape index (κ3) is 2.44. The molecule has 0 radical (unpaired) electrons. The molecule has 1 aliphatic rings. The SMILES string of the molecule is NCC1CCN(C(=O)c2ccn(-c3ccccc3)n2)C1. The van der Waals surface area contributed by atoms with Gasteiger partial charge in [0.25, 0.3) is 5.91 Å². The first-order chi connectivity index (χ1) is 9.78. The molecule has 0 saturated carbocycles. The molecule has 5 nitrogen and oxygen atoms in total. The van der Waals surface area contributed by atoms with Gasteiger partial charge < -0.3 is 10.6 Å². The Balaban J connectivity index is 1.76. The van der Waals surface area contributed by atoms with E-state index in [4.69, 9.17) is 5.73 Å². The van der Waals surface area contributed by atoms with Gasteiger partial charge in [-0.1, -0.05) is 18.2 Å². The molecule has 2 N–H and O–H groups in total. The third-order valence-electron chi connectivity index (χ3n) is 3.74. The Hall–Kier alpha value is -2.14. The van der Waals surface area contributed by atoms with Crippen molar-refractivity contribution in [3.05, 3.63) is 48.3 Å². The summed E-state index contributed by atoms with van der Waals surface area (Å²) in [5.74, 6) is 0.422. The lowest BCUT2D eigenvalue weighted by Crippen LogP contribution is -2.30. The molecule has 1 unspecified atom stereocenters. The Bertz CT molecular complexity index is 593. The first-order valence-electron chi connectivity index (χ1n) is 6.88. The number of aromatic nitrogens is 2. The van der Waals surface area contributed by atoms with Crippen molar-refractivity contribution in [3.8, 4) is 5.69 Å². The van der Waals surface area contributed by atoms with Crippen molar-refractivity contribution in [3.63, 3.8) is 0 Å². The quantitative estimate of drug-likeness (QED) is 0.914. The number of carbonyl (C=O) groups excluding carboxylic acids is 1. The first-order valence-corrected chi connectivity index (χ1v) is 6.88.